The van der Waals surface area contributed by atoms with E-state index in [1.54, 1.807) is 7.11 Å². The van der Waals surface area contributed by atoms with Gasteiger partial charge >= 0.3 is 0 Å². The van der Waals surface area contributed by atoms with E-state index in [4.69, 9.17) is 18.7 Å². The van der Waals surface area contributed by atoms with E-state index in [1.165, 1.54) is 6.07 Å². The molecule has 2 aromatic rings. The largest absolute Gasteiger partial charge is 0.497 e. The van der Waals surface area contributed by atoms with Crippen molar-refractivity contribution in [3.05, 3.63) is 41.7 Å². The quantitative estimate of drug-likeness (QED) is 0.865. The monoisotopic (exact) mass is 346 g/mol. The molecule has 1 aromatic heterocycles. The Morgan fingerprint density at radius 1 is 1.36 bits per heavy atom. The molecule has 0 spiro atoms. The molecule has 134 valence electrons. The van der Waals surface area contributed by atoms with Gasteiger partial charge in [0.2, 0.25) is 5.76 Å². The van der Waals surface area contributed by atoms with Crippen molar-refractivity contribution >= 4 is 5.91 Å². The van der Waals surface area contributed by atoms with Crippen LogP contribution < -0.4 is 14.8 Å². The molecule has 7 heteroatoms. The molecule has 0 bridgehead atoms. The van der Waals surface area contributed by atoms with Crippen molar-refractivity contribution in [2.75, 3.05) is 20.3 Å². The molecule has 1 saturated heterocycles. The van der Waals surface area contributed by atoms with Gasteiger partial charge in [-0.05, 0) is 22.9 Å². The highest BCUT2D eigenvalue weighted by Gasteiger charge is 2.37. The van der Waals surface area contributed by atoms with Crippen LogP contribution >= 0.6 is 0 Å². The zero-order valence-electron chi connectivity index (χ0n) is 14.6. The molecule has 2 heterocycles. The zero-order valence-corrected chi connectivity index (χ0v) is 14.6. The molecule has 0 unspecified atom stereocenters. The molecule has 7 nitrogen and oxygen atoms in total. The van der Waals surface area contributed by atoms with E-state index in [9.17, 15) is 4.79 Å². The predicted octanol–water partition coefficient (Wildman–Crippen LogP) is 2.42. The van der Waals surface area contributed by atoms with E-state index in [0.717, 1.165) is 11.3 Å². The molecule has 1 aromatic carbocycles. The van der Waals surface area contributed by atoms with Crippen molar-refractivity contribution in [2.45, 2.75) is 26.5 Å². The number of carbonyl (C=O) groups is 1. The number of rotatable bonds is 6. The van der Waals surface area contributed by atoms with E-state index >= 15 is 0 Å². The van der Waals surface area contributed by atoms with Crippen LogP contribution in [0.3, 0.4) is 0 Å². The molecule has 1 fully saturated rings. The fourth-order valence-corrected chi connectivity index (χ4v) is 2.55. The molecule has 1 aliphatic heterocycles. The number of methoxy groups -OCH3 is 1. The van der Waals surface area contributed by atoms with Gasteiger partial charge in [-0.25, -0.2) is 0 Å². The van der Waals surface area contributed by atoms with Crippen LogP contribution in [0, 0.1) is 5.41 Å². The number of carbonyl (C=O) groups excluding carboxylic acids is 1. The van der Waals surface area contributed by atoms with Gasteiger partial charge in [0.05, 0.1) is 32.4 Å². The predicted molar refractivity (Wildman–Crippen MR) is 89.7 cm³/mol. The fourth-order valence-electron chi connectivity index (χ4n) is 2.55. The van der Waals surface area contributed by atoms with Crippen molar-refractivity contribution in [3.63, 3.8) is 0 Å². The maximum atomic E-state index is 12.3. The van der Waals surface area contributed by atoms with E-state index in [2.05, 4.69) is 24.3 Å². The number of benzene rings is 1. The Kier molecular flexibility index (Phi) is 4.94. The number of ether oxygens (including phenoxy) is 3. The van der Waals surface area contributed by atoms with Crippen molar-refractivity contribution in [1.82, 2.24) is 10.5 Å². The number of amides is 1. The summed E-state index contributed by atoms with van der Waals surface area (Å²) in [6.45, 7) is 5.53. The summed E-state index contributed by atoms with van der Waals surface area (Å²) in [6.07, 6.45) is 0. The van der Waals surface area contributed by atoms with Crippen molar-refractivity contribution in [2.24, 2.45) is 5.41 Å². The highest BCUT2D eigenvalue weighted by atomic mass is 16.5. The summed E-state index contributed by atoms with van der Waals surface area (Å²) in [5.74, 6) is 0.841. The third-order valence-corrected chi connectivity index (χ3v) is 4.27. The molecular formula is C18H22N2O5. The fraction of sp³-hybridized carbons (Fsp3) is 0.444. The lowest BCUT2D eigenvalue weighted by Gasteiger charge is -2.24. The number of nitrogens with zero attached hydrogens (tertiary/aromatic N) is 1. The van der Waals surface area contributed by atoms with Gasteiger partial charge in [0.25, 0.3) is 11.8 Å². The standard InChI is InChI=1S/C18H22N2O5/c1-18(2)11-23-10-15(18)19-17(21)14-8-16(20-25-14)24-9-12-4-6-13(22-3)7-5-12/h4-8,15H,9-11H2,1-3H3,(H,19,21)/t15-/m1/s1. The Balaban J connectivity index is 1.55. The van der Waals surface area contributed by atoms with Crippen molar-refractivity contribution < 1.29 is 23.5 Å². The van der Waals surface area contributed by atoms with Crippen LogP contribution in [0.2, 0.25) is 0 Å². The summed E-state index contributed by atoms with van der Waals surface area (Å²) < 4.78 is 21.2. The number of hydrogen-bond acceptors (Lipinski definition) is 6. The first kappa shape index (κ1) is 17.3. The SMILES string of the molecule is COc1ccc(COc2cc(C(=O)N[C@@H]3COCC3(C)C)on2)cc1. The second-order valence-corrected chi connectivity index (χ2v) is 6.70. The Morgan fingerprint density at radius 3 is 2.76 bits per heavy atom. The average molecular weight is 346 g/mol. The van der Waals surface area contributed by atoms with Crippen molar-refractivity contribution in [3.8, 4) is 11.6 Å². The third-order valence-electron chi connectivity index (χ3n) is 4.27. The van der Waals surface area contributed by atoms with Gasteiger partial charge in [0, 0.05) is 5.41 Å². The summed E-state index contributed by atoms with van der Waals surface area (Å²) in [4.78, 5) is 12.3. The summed E-state index contributed by atoms with van der Waals surface area (Å²) in [7, 11) is 1.62. The molecule has 3 rings (SSSR count). The Bertz CT molecular complexity index is 723. The third kappa shape index (κ3) is 4.11. The van der Waals surface area contributed by atoms with Crippen molar-refractivity contribution in [1.29, 1.82) is 0 Å². The van der Waals surface area contributed by atoms with Crippen LogP contribution in [0.15, 0.2) is 34.9 Å². The summed E-state index contributed by atoms with van der Waals surface area (Å²) >= 11 is 0. The summed E-state index contributed by atoms with van der Waals surface area (Å²) in [5, 5.41) is 6.70. The van der Waals surface area contributed by atoms with Gasteiger partial charge in [-0.15, -0.1) is 0 Å². The first-order chi connectivity index (χ1) is 12.0. The van der Waals surface area contributed by atoms with E-state index in [0.29, 0.717) is 19.8 Å². The number of hydrogen-bond donors (Lipinski definition) is 1. The lowest BCUT2D eigenvalue weighted by molar-refractivity contribution is 0.0877. The second kappa shape index (κ2) is 7.14. The first-order valence-corrected chi connectivity index (χ1v) is 8.09. The van der Waals surface area contributed by atoms with Gasteiger partial charge in [0.15, 0.2) is 0 Å². The lowest BCUT2D eigenvalue weighted by atomic mass is 9.88. The summed E-state index contributed by atoms with van der Waals surface area (Å²) in [5.41, 5.74) is 0.850. The van der Waals surface area contributed by atoms with Gasteiger partial charge in [-0.3, -0.25) is 4.79 Å². The molecule has 0 saturated carbocycles. The van der Waals surface area contributed by atoms with Gasteiger partial charge in [-0.1, -0.05) is 26.0 Å². The molecule has 1 atom stereocenters. The van der Waals surface area contributed by atoms with Crippen LogP contribution in [0.1, 0.15) is 30.0 Å². The van der Waals surface area contributed by atoms with Crippen LogP contribution in [0.25, 0.3) is 0 Å². The molecule has 0 radical (unpaired) electrons. The smallest absolute Gasteiger partial charge is 0.290 e. The highest BCUT2D eigenvalue weighted by molar-refractivity contribution is 5.91. The lowest BCUT2D eigenvalue weighted by Crippen LogP contribution is -2.44. The summed E-state index contributed by atoms with van der Waals surface area (Å²) in [6, 6.07) is 8.93. The first-order valence-electron chi connectivity index (χ1n) is 8.09. The maximum absolute atomic E-state index is 12.3. The Labute approximate surface area is 146 Å². The van der Waals surface area contributed by atoms with Crippen LogP contribution in [-0.4, -0.2) is 37.4 Å². The van der Waals surface area contributed by atoms with Crippen LogP contribution in [0.5, 0.6) is 11.6 Å². The van der Waals surface area contributed by atoms with E-state index < -0.39 is 0 Å². The molecular weight excluding hydrogens is 324 g/mol. The highest BCUT2D eigenvalue weighted by Crippen LogP contribution is 2.27. The molecule has 25 heavy (non-hydrogen) atoms. The normalized spacial score (nSPS) is 18.8. The molecule has 0 aliphatic carbocycles. The number of aromatic nitrogens is 1. The van der Waals surface area contributed by atoms with E-state index in [1.807, 2.05) is 24.3 Å². The van der Waals surface area contributed by atoms with Gasteiger partial charge in [0.1, 0.15) is 12.4 Å². The molecule has 1 aliphatic rings. The minimum atomic E-state index is -0.324. The topological polar surface area (TPSA) is 82.8 Å². The van der Waals surface area contributed by atoms with E-state index in [-0.39, 0.29) is 29.0 Å². The molecule has 1 amide bonds. The minimum absolute atomic E-state index is 0.0613. The average Bonchev–Trinajstić information content (AvgIpc) is 3.20. The minimum Gasteiger partial charge on any atom is -0.497 e. The van der Waals surface area contributed by atoms with Crippen LogP contribution in [0.4, 0.5) is 0 Å². The molecule has 1 N–H and O–H groups in total. The Morgan fingerprint density at radius 2 is 2.12 bits per heavy atom. The second-order valence-electron chi connectivity index (χ2n) is 6.70. The number of nitrogens with one attached hydrogen (secondary N) is 1. The Hall–Kier alpha value is -2.54. The zero-order chi connectivity index (χ0) is 17.9. The van der Waals surface area contributed by atoms with Crippen LogP contribution in [-0.2, 0) is 11.3 Å². The van der Waals surface area contributed by atoms with Gasteiger partial charge < -0.3 is 24.1 Å². The maximum Gasteiger partial charge on any atom is 0.290 e. The van der Waals surface area contributed by atoms with Gasteiger partial charge in [-0.2, -0.15) is 0 Å².